The summed E-state index contributed by atoms with van der Waals surface area (Å²) in [6, 6.07) is 16.4. The van der Waals surface area contributed by atoms with Gasteiger partial charge >= 0.3 is 0 Å². The van der Waals surface area contributed by atoms with Crippen molar-refractivity contribution in [1.29, 1.82) is 0 Å². The van der Waals surface area contributed by atoms with E-state index in [2.05, 4.69) is 32.0 Å². The Morgan fingerprint density at radius 3 is 2.42 bits per heavy atom. The van der Waals surface area contributed by atoms with Crippen molar-refractivity contribution in [1.82, 2.24) is 0 Å². The molecule has 2 aromatic carbocycles. The molecule has 1 atom stereocenters. The number of halogens is 1. The second-order valence-corrected chi connectivity index (χ2v) is 5.07. The summed E-state index contributed by atoms with van der Waals surface area (Å²) in [7, 11) is 0. The molecule has 19 heavy (non-hydrogen) atoms. The first-order valence-electron chi connectivity index (χ1n) is 6.56. The zero-order valence-electron chi connectivity index (χ0n) is 11.4. The SMILES string of the molecule is Cc1cccc(OC(CCCl)c2ccccc2)c1C. The third kappa shape index (κ3) is 3.51. The molecule has 0 saturated carbocycles. The fourth-order valence-electron chi connectivity index (χ4n) is 2.07. The van der Waals surface area contributed by atoms with Crippen LogP contribution in [0, 0.1) is 13.8 Å². The number of ether oxygens (including phenoxy) is 1. The number of benzene rings is 2. The van der Waals surface area contributed by atoms with E-state index in [-0.39, 0.29) is 6.10 Å². The van der Waals surface area contributed by atoms with Gasteiger partial charge in [-0.05, 0) is 36.6 Å². The van der Waals surface area contributed by atoms with Crippen LogP contribution in [0.4, 0.5) is 0 Å². The molecule has 0 aromatic heterocycles. The molecule has 0 aliphatic carbocycles. The highest BCUT2D eigenvalue weighted by atomic mass is 35.5. The standard InChI is InChI=1S/C17H19ClO/c1-13-7-6-10-16(14(13)2)19-17(11-12-18)15-8-4-3-5-9-15/h3-10,17H,11-12H2,1-2H3. The topological polar surface area (TPSA) is 9.23 Å². The van der Waals surface area contributed by atoms with Crippen LogP contribution in [-0.4, -0.2) is 5.88 Å². The second kappa shape index (κ2) is 6.63. The molecule has 2 heteroatoms. The normalized spacial score (nSPS) is 12.2. The molecule has 0 N–H and O–H groups in total. The Morgan fingerprint density at radius 1 is 1.00 bits per heavy atom. The van der Waals surface area contributed by atoms with E-state index < -0.39 is 0 Å². The van der Waals surface area contributed by atoms with E-state index in [9.17, 15) is 0 Å². The van der Waals surface area contributed by atoms with Crippen molar-refractivity contribution in [2.75, 3.05) is 5.88 Å². The van der Waals surface area contributed by atoms with E-state index in [0.717, 1.165) is 12.2 Å². The molecule has 0 aliphatic rings. The molecule has 0 radical (unpaired) electrons. The lowest BCUT2D eigenvalue weighted by atomic mass is 10.1. The lowest BCUT2D eigenvalue weighted by molar-refractivity contribution is 0.201. The number of alkyl halides is 1. The van der Waals surface area contributed by atoms with Gasteiger partial charge < -0.3 is 4.74 Å². The average Bonchev–Trinajstić information content (AvgIpc) is 2.44. The third-order valence-electron chi connectivity index (χ3n) is 3.37. The molecule has 0 aliphatic heterocycles. The van der Waals surface area contributed by atoms with Gasteiger partial charge in [-0.3, -0.25) is 0 Å². The fourth-order valence-corrected chi connectivity index (χ4v) is 2.26. The van der Waals surface area contributed by atoms with Crippen molar-refractivity contribution in [2.24, 2.45) is 0 Å². The van der Waals surface area contributed by atoms with Gasteiger partial charge in [0.05, 0.1) is 0 Å². The van der Waals surface area contributed by atoms with Gasteiger partial charge in [0.1, 0.15) is 11.9 Å². The Labute approximate surface area is 120 Å². The number of rotatable bonds is 5. The predicted molar refractivity (Wildman–Crippen MR) is 81.1 cm³/mol. The summed E-state index contributed by atoms with van der Waals surface area (Å²) in [5, 5.41) is 0. The minimum absolute atomic E-state index is 0.0131. The zero-order valence-corrected chi connectivity index (χ0v) is 12.2. The lowest BCUT2D eigenvalue weighted by Crippen LogP contribution is -2.09. The van der Waals surface area contributed by atoms with Crippen LogP contribution in [0.1, 0.15) is 29.2 Å². The van der Waals surface area contributed by atoms with Crippen LogP contribution in [-0.2, 0) is 0 Å². The molecule has 0 heterocycles. The molecule has 1 unspecified atom stereocenters. The molecule has 0 spiro atoms. The first-order chi connectivity index (χ1) is 9.22. The van der Waals surface area contributed by atoms with Crippen LogP contribution >= 0.6 is 11.6 Å². The van der Waals surface area contributed by atoms with Crippen LogP contribution in [0.5, 0.6) is 5.75 Å². The van der Waals surface area contributed by atoms with Crippen LogP contribution in [0.25, 0.3) is 0 Å². The van der Waals surface area contributed by atoms with Gasteiger partial charge in [0.2, 0.25) is 0 Å². The predicted octanol–water partition coefficient (Wildman–Crippen LogP) is 5.05. The quantitative estimate of drug-likeness (QED) is 0.693. The van der Waals surface area contributed by atoms with Gasteiger partial charge in [0.25, 0.3) is 0 Å². The average molecular weight is 275 g/mol. The maximum absolute atomic E-state index is 6.17. The van der Waals surface area contributed by atoms with Gasteiger partial charge in [-0.25, -0.2) is 0 Å². The van der Waals surface area contributed by atoms with Crippen LogP contribution in [0.3, 0.4) is 0 Å². The molecule has 100 valence electrons. The van der Waals surface area contributed by atoms with E-state index in [1.54, 1.807) is 0 Å². The van der Waals surface area contributed by atoms with Gasteiger partial charge in [-0.1, -0.05) is 42.5 Å². The highest BCUT2D eigenvalue weighted by Crippen LogP contribution is 2.28. The number of hydrogen-bond acceptors (Lipinski definition) is 1. The molecule has 0 amide bonds. The zero-order chi connectivity index (χ0) is 13.7. The molecule has 2 rings (SSSR count). The van der Waals surface area contributed by atoms with E-state index in [0.29, 0.717) is 5.88 Å². The van der Waals surface area contributed by atoms with E-state index >= 15 is 0 Å². The molecule has 1 nitrogen and oxygen atoms in total. The molecule has 0 bridgehead atoms. The van der Waals surface area contributed by atoms with Crippen molar-refractivity contribution in [3.8, 4) is 5.75 Å². The monoisotopic (exact) mass is 274 g/mol. The van der Waals surface area contributed by atoms with Crippen molar-refractivity contribution in [2.45, 2.75) is 26.4 Å². The van der Waals surface area contributed by atoms with E-state index in [1.165, 1.54) is 16.7 Å². The molecule has 0 saturated heterocycles. The van der Waals surface area contributed by atoms with Crippen molar-refractivity contribution < 1.29 is 4.74 Å². The third-order valence-corrected chi connectivity index (χ3v) is 3.59. The number of hydrogen-bond donors (Lipinski definition) is 0. The highest BCUT2D eigenvalue weighted by Gasteiger charge is 2.14. The Bertz CT molecular complexity index is 522. The van der Waals surface area contributed by atoms with E-state index in [4.69, 9.17) is 16.3 Å². The molecular weight excluding hydrogens is 256 g/mol. The minimum atomic E-state index is 0.0131. The molecule has 0 fully saturated rings. The van der Waals surface area contributed by atoms with Crippen LogP contribution in [0.2, 0.25) is 0 Å². The smallest absolute Gasteiger partial charge is 0.125 e. The summed E-state index contributed by atoms with van der Waals surface area (Å²) in [6.07, 6.45) is 0.818. The van der Waals surface area contributed by atoms with Crippen molar-refractivity contribution in [3.63, 3.8) is 0 Å². The maximum atomic E-state index is 6.17. The van der Waals surface area contributed by atoms with Crippen molar-refractivity contribution in [3.05, 3.63) is 65.2 Å². The Balaban J connectivity index is 2.24. The molecular formula is C17H19ClO. The minimum Gasteiger partial charge on any atom is -0.485 e. The Kier molecular flexibility index (Phi) is 4.86. The second-order valence-electron chi connectivity index (χ2n) is 4.69. The largest absolute Gasteiger partial charge is 0.485 e. The summed E-state index contributed by atoms with van der Waals surface area (Å²) in [5.74, 6) is 1.53. The van der Waals surface area contributed by atoms with E-state index in [1.807, 2.05) is 30.3 Å². The first-order valence-corrected chi connectivity index (χ1v) is 7.09. The van der Waals surface area contributed by atoms with Gasteiger partial charge in [0.15, 0.2) is 0 Å². The van der Waals surface area contributed by atoms with Crippen molar-refractivity contribution >= 4 is 11.6 Å². The maximum Gasteiger partial charge on any atom is 0.125 e. The summed E-state index contributed by atoms with van der Waals surface area (Å²) in [5.41, 5.74) is 3.61. The summed E-state index contributed by atoms with van der Waals surface area (Å²) in [4.78, 5) is 0. The fraction of sp³-hybridized carbons (Fsp3) is 0.294. The van der Waals surface area contributed by atoms with Gasteiger partial charge in [-0.15, -0.1) is 11.6 Å². The van der Waals surface area contributed by atoms with Crippen LogP contribution in [0.15, 0.2) is 48.5 Å². The Morgan fingerprint density at radius 2 is 1.74 bits per heavy atom. The summed E-state index contributed by atoms with van der Waals surface area (Å²) >= 11 is 5.90. The molecule has 2 aromatic rings. The lowest BCUT2D eigenvalue weighted by Gasteiger charge is -2.20. The van der Waals surface area contributed by atoms with Gasteiger partial charge in [-0.2, -0.15) is 0 Å². The highest BCUT2D eigenvalue weighted by molar-refractivity contribution is 6.17. The number of aryl methyl sites for hydroxylation is 1. The summed E-state index contributed by atoms with van der Waals surface area (Å²) in [6.45, 7) is 4.19. The van der Waals surface area contributed by atoms with Crippen LogP contribution < -0.4 is 4.74 Å². The van der Waals surface area contributed by atoms with Gasteiger partial charge in [0, 0.05) is 12.3 Å². The summed E-state index contributed by atoms with van der Waals surface area (Å²) < 4.78 is 6.17. The Hall–Kier alpha value is -1.47. The first kappa shape index (κ1) is 14.0.